The summed E-state index contributed by atoms with van der Waals surface area (Å²) in [5.41, 5.74) is 0. The second-order valence-electron chi connectivity index (χ2n) is 6.13. The molecule has 0 saturated carbocycles. The SMILES string of the molecule is OC(COCC(CCC1CO1)OCC1CO1)COCC1CO1. The topological polar surface area (TPSA) is 85.5 Å². The molecular weight excluding hydrogens is 292 g/mol. The molecule has 3 aliphatic rings. The van der Waals surface area contributed by atoms with Gasteiger partial charge in [0.1, 0.15) is 18.3 Å². The van der Waals surface area contributed by atoms with Gasteiger partial charge in [0.15, 0.2) is 0 Å². The lowest BCUT2D eigenvalue weighted by Crippen LogP contribution is -2.28. The van der Waals surface area contributed by atoms with Crippen molar-refractivity contribution in [3.8, 4) is 0 Å². The average Bonchev–Trinajstić information content (AvgIpc) is 3.38. The molecule has 3 aliphatic heterocycles. The van der Waals surface area contributed by atoms with E-state index in [0.717, 1.165) is 32.7 Å². The van der Waals surface area contributed by atoms with Crippen molar-refractivity contribution in [1.29, 1.82) is 0 Å². The Morgan fingerprint density at radius 1 is 0.864 bits per heavy atom. The predicted molar refractivity (Wildman–Crippen MR) is 75.8 cm³/mol. The Bertz CT molecular complexity index is 299. The lowest BCUT2D eigenvalue weighted by atomic mass is 10.1. The fourth-order valence-corrected chi connectivity index (χ4v) is 2.11. The van der Waals surface area contributed by atoms with Gasteiger partial charge in [-0.25, -0.2) is 0 Å². The maximum Gasteiger partial charge on any atom is 0.104 e. The van der Waals surface area contributed by atoms with Gasteiger partial charge in [-0.15, -0.1) is 0 Å². The minimum absolute atomic E-state index is 0.0291. The van der Waals surface area contributed by atoms with Gasteiger partial charge in [-0.2, -0.15) is 0 Å². The first-order valence-electron chi connectivity index (χ1n) is 8.09. The highest BCUT2D eigenvalue weighted by Crippen LogP contribution is 2.19. The molecule has 0 aromatic heterocycles. The third-order valence-corrected chi connectivity index (χ3v) is 3.76. The van der Waals surface area contributed by atoms with Crippen LogP contribution in [0.2, 0.25) is 0 Å². The quantitative estimate of drug-likeness (QED) is 0.442. The molecule has 0 aromatic carbocycles. The van der Waals surface area contributed by atoms with Gasteiger partial charge in [0.05, 0.1) is 65.1 Å². The Balaban J connectivity index is 1.23. The first-order chi connectivity index (χ1) is 10.8. The Labute approximate surface area is 130 Å². The zero-order valence-electron chi connectivity index (χ0n) is 12.9. The monoisotopic (exact) mass is 318 g/mol. The van der Waals surface area contributed by atoms with Crippen LogP contribution in [0.3, 0.4) is 0 Å². The molecule has 0 radical (unpaired) electrons. The van der Waals surface area contributed by atoms with E-state index in [9.17, 15) is 5.11 Å². The highest BCUT2D eigenvalue weighted by atomic mass is 16.6. The van der Waals surface area contributed by atoms with Crippen LogP contribution in [0.1, 0.15) is 12.8 Å². The average molecular weight is 318 g/mol. The molecule has 7 nitrogen and oxygen atoms in total. The first-order valence-corrected chi connectivity index (χ1v) is 8.09. The van der Waals surface area contributed by atoms with E-state index in [-0.39, 0.29) is 31.5 Å². The summed E-state index contributed by atoms with van der Waals surface area (Å²) in [6.45, 7) is 4.59. The summed E-state index contributed by atoms with van der Waals surface area (Å²) >= 11 is 0. The first kappa shape index (κ1) is 16.6. The predicted octanol–water partition coefficient (Wildman–Crippen LogP) is -0.258. The normalized spacial score (nSPS) is 31.8. The number of rotatable bonds is 14. The van der Waals surface area contributed by atoms with Crippen molar-refractivity contribution in [2.75, 3.05) is 52.9 Å². The van der Waals surface area contributed by atoms with Crippen LogP contribution in [-0.4, -0.2) is 88.5 Å². The summed E-state index contributed by atoms with van der Waals surface area (Å²) in [5.74, 6) is 0. The molecule has 0 spiro atoms. The lowest BCUT2D eigenvalue weighted by Gasteiger charge is -2.18. The van der Waals surface area contributed by atoms with E-state index in [1.54, 1.807) is 0 Å². The molecule has 3 saturated heterocycles. The van der Waals surface area contributed by atoms with Crippen molar-refractivity contribution in [3.05, 3.63) is 0 Å². The molecule has 22 heavy (non-hydrogen) atoms. The fraction of sp³-hybridized carbons (Fsp3) is 1.00. The fourth-order valence-electron chi connectivity index (χ4n) is 2.11. The van der Waals surface area contributed by atoms with E-state index in [4.69, 9.17) is 28.4 Å². The zero-order valence-corrected chi connectivity index (χ0v) is 12.9. The van der Waals surface area contributed by atoms with Crippen molar-refractivity contribution < 1.29 is 33.5 Å². The standard InChI is InChI=1S/C15H26O7/c16-11(4-18-6-14-8-21-14)3-17-5-12(1-2-13-7-19-13)20-9-15-10-22-15/h11-16H,1-10H2. The summed E-state index contributed by atoms with van der Waals surface area (Å²) in [5, 5.41) is 9.78. The van der Waals surface area contributed by atoms with Crippen molar-refractivity contribution in [1.82, 2.24) is 0 Å². The van der Waals surface area contributed by atoms with Crippen molar-refractivity contribution >= 4 is 0 Å². The number of hydrogen-bond donors (Lipinski definition) is 1. The van der Waals surface area contributed by atoms with Gasteiger partial charge >= 0.3 is 0 Å². The summed E-state index contributed by atoms with van der Waals surface area (Å²) in [6, 6.07) is 0. The van der Waals surface area contributed by atoms with Crippen LogP contribution in [0.25, 0.3) is 0 Å². The summed E-state index contributed by atoms with van der Waals surface area (Å²) in [4.78, 5) is 0. The number of aliphatic hydroxyl groups excluding tert-OH is 1. The van der Waals surface area contributed by atoms with Gasteiger partial charge in [0, 0.05) is 0 Å². The Kier molecular flexibility index (Phi) is 6.43. The molecule has 3 heterocycles. The third-order valence-electron chi connectivity index (χ3n) is 3.76. The highest BCUT2D eigenvalue weighted by molar-refractivity contribution is 4.74. The van der Waals surface area contributed by atoms with Crippen LogP contribution in [0, 0.1) is 0 Å². The number of hydrogen-bond acceptors (Lipinski definition) is 7. The van der Waals surface area contributed by atoms with Gasteiger partial charge in [0.25, 0.3) is 0 Å². The molecule has 7 heteroatoms. The van der Waals surface area contributed by atoms with E-state index < -0.39 is 6.10 Å². The molecule has 0 aromatic rings. The maximum atomic E-state index is 9.78. The number of ether oxygens (including phenoxy) is 6. The Morgan fingerprint density at radius 3 is 2.18 bits per heavy atom. The number of epoxide rings is 3. The largest absolute Gasteiger partial charge is 0.388 e. The molecule has 5 unspecified atom stereocenters. The van der Waals surface area contributed by atoms with E-state index >= 15 is 0 Å². The minimum atomic E-state index is -0.613. The van der Waals surface area contributed by atoms with E-state index in [2.05, 4.69) is 0 Å². The third kappa shape index (κ3) is 7.32. The smallest absolute Gasteiger partial charge is 0.104 e. The second-order valence-corrected chi connectivity index (χ2v) is 6.13. The molecule has 5 atom stereocenters. The molecule has 0 bridgehead atoms. The van der Waals surface area contributed by atoms with Crippen LogP contribution in [0.15, 0.2) is 0 Å². The minimum Gasteiger partial charge on any atom is -0.388 e. The lowest BCUT2D eigenvalue weighted by molar-refractivity contribution is -0.0620. The van der Waals surface area contributed by atoms with E-state index in [1.165, 1.54) is 0 Å². The Morgan fingerprint density at radius 2 is 1.50 bits per heavy atom. The van der Waals surface area contributed by atoms with Gasteiger partial charge in [0.2, 0.25) is 0 Å². The van der Waals surface area contributed by atoms with Crippen LogP contribution in [-0.2, 0) is 28.4 Å². The van der Waals surface area contributed by atoms with Gasteiger partial charge < -0.3 is 33.5 Å². The van der Waals surface area contributed by atoms with Gasteiger partial charge in [-0.3, -0.25) is 0 Å². The van der Waals surface area contributed by atoms with Crippen molar-refractivity contribution in [2.24, 2.45) is 0 Å². The van der Waals surface area contributed by atoms with Crippen molar-refractivity contribution in [2.45, 2.75) is 43.4 Å². The van der Waals surface area contributed by atoms with E-state index in [0.29, 0.717) is 25.9 Å². The molecule has 0 amide bonds. The molecular formula is C15H26O7. The second kappa shape index (κ2) is 8.54. The molecule has 128 valence electrons. The van der Waals surface area contributed by atoms with Crippen LogP contribution < -0.4 is 0 Å². The van der Waals surface area contributed by atoms with E-state index in [1.807, 2.05) is 0 Å². The van der Waals surface area contributed by atoms with Crippen LogP contribution in [0.5, 0.6) is 0 Å². The molecule has 0 aliphatic carbocycles. The molecule has 3 fully saturated rings. The summed E-state index contributed by atoms with van der Waals surface area (Å²) in [7, 11) is 0. The van der Waals surface area contributed by atoms with Crippen molar-refractivity contribution in [3.63, 3.8) is 0 Å². The maximum absolute atomic E-state index is 9.78. The molecule has 3 rings (SSSR count). The van der Waals surface area contributed by atoms with Crippen LogP contribution >= 0.6 is 0 Å². The van der Waals surface area contributed by atoms with Gasteiger partial charge in [-0.1, -0.05) is 0 Å². The summed E-state index contributed by atoms with van der Waals surface area (Å²) < 4.78 is 32.1. The zero-order chi connectivity index (χ0) is 15.2. The Hall–Kier alpha value is -0.280. The number of aliphatic hydroxyl groups is 1. The van der Waals surface area contributed by atoms with Crippen LogP contribution in [0.4, 0.5) is 0 Å². The highest BCUT2D eigenvalue weighted by Gasteiger charge is 2.27. The van der Waals surface area contributed by atoms with Gasteiger partial charge in [-0.05, 0) is 12.8 Å². The molecule has 1 N–H and O–H groups in total. The summed E-state index contributed by atoms with van der Waals surface area (Å²) in [6.07, 6.45) is 2.19.